The summed E-state index contributed by atoms with van der Waals surface area (Å²) in [7, 11) is 1.60. The Morgan fingerprint density at radius 3 is 2.77 bits per heavy atom. The quantitative estimate of drug-likeness (QED) is 0.635. The Hall–Kier alpha value is -3.45. The number of carbonyl (C=O) groups excluding carboxylic acids is 1. The fourth-order valence-electron chi connectivity index (χ4n) is 2.89. The van der Waals surface area contributed by atoms with Gasteiger partial charge in [0.05, 0.1) is 12.1 Å². The molecule has 0 radical (unpaired) electrons. The molecule has 2 heterocycles. The van der Waals surface area contributed by atoms with Gasteiger partial charge in [0.25, 0.3) is 5.91 Å². The molecule has 0 fully saturated rings. The van der Waals surface area contributed by atoms with Crippen LogP contribution in [0.5, 0.6) is 28.9 Å². The number of amides is 1. The predicted octanol–water partition coefficient (Wildman–Crippen LogP) is 4.24. The first-order valence-electron chi connectivity index (χ1n) is 9.26. The van der Waals surface area contributed by atoms with Crippen LogP contribution in [-0.4, -0.2) is 31.2 Å². The maximum Gasteiger partial charge on any atom is 0.251 e. The van der Waals surface area contributed by atoms with Crippen LogP contribution in [0.3, 0.4) is 0 Å². The molecular weight excluding hydrogens is 408 g/mol. The molecule has 0 aliphatic carbocycles. The Morgan fingerprint density at radius 1 is 1.13 bits per heavy atom. The number of hydrogen-bond acceptors (Lipinski definition) is 6. The van der Waals surface area contributed by atoms with Crippen molar-refractivity contribution in [3.8, 4) is 28.9 Å². The zero-order chi connectivity index (χ0) is 20.9. The second kappa shape index (κ2) is 8.92. The van der Waals surface area contributed by atoms with Crippen LogP contribution in [0.4, 0.5) is 0 Å². The Morgan fingerprint density at radius 2 is 1.97 bits per heavy atom. The van der Waals surface area contributed by atoms with Crippen molar-refractivity contribution < 1.29 is 23.7 Å². The minimum atomic E-state index is -0.273. The first-order valence-corrected chi connectivity index (χ1v) is 9.64. The first-order chi connectivity index (χ1) is 14.6. The van der Waals surface area contributed by atoms with Crippen LogP contribution in [0.1, 0.15) is 15.9 Å². The highest BCUT2D eigenvalue weighted by Gasteiger charge is 2.19. The number of benzene rings is 2. The van der Waals surface area contributed by atoms with Gasteiger partial charge in [-0.05, 0) is 29.8 Å². The lowest BCUT2D eigenvalue weighted by molar-refractivity contribution is 0.0949. The zero-order valence-electron chi connectivity index (χ0n) is 16.2. The fourth-order valence-corrected chi connectivity index (χ4v) is 3.15. The smallest absolute Gasteiger partial charge is 0.251 e. The largest absolute Gasteiger partial charge is 0.497 e. The van der Waals surface area contributed by atoms with Crippen molar-refractivity contribution in [3.05, 3.63) is 70.9 Å². The SMILES string of the molecule is COc1cccc(Oc2ccc(CNC(=O)c3cc(Cl)c4c(c3)OCCO4)cn2)c1. The first kappa shape index (κ1) is 19.8. The summed E-state index contributed by atoms with van der Waals surface area (Å²) >= 11 is 6.19. The fraction of sp³-hybridized carbons (Fsp3) is 0.182. The molecule has 1 amide bonds. The molecule has 154 valence electrons. The lowest BCUT2D eigenvalue weighted by Crippen LogP contribution is -2.23. The molecule has 7 nitrogen and oxygen atoms in total. The van der Waals surface area contributed by atoms with Gasteiger partial charge in [-0.3, -0.25) is 4.79 Å². The molecule has 1 aromatic heterocycles. The molecular formula is C22H19ClN2O5. The highest BCUT2D eigenvalue weighted by molar-refractivity contribution is 6.32. The van der Waals surface area contributed by atoms with Crippen molar-refractivity contribution >= 4 is 17.5 Å². The summed E-state index contributed by atoms with van der Waals surface area (Å²) in [6, 6.07) is 14.0. The van der Waals surface area contributed by atoms with E-state index in [4.69, 9.17) is 30.5 Å². The van der Waals surface area contributed by atoms with Gasteiger partial charge in [-0.2, -0.15) is 0 Å². The molecule has 0 atom stereocenters. The Labute approximate surface area is 178 Å². The highest BCUT2D eigenvalue weighted by Crippen LogP contribution is 2.38. The highest BCUT2D eigenvalue weighted by atomic mass is 35.5. The third kappa shape index (κ3) is 4.58. The second-order valence-electron chi connectivity index (χ2n) is 6.45. The molecule has 0 unspecified atom stereocenters. The van der Waals surface area contributed by atoms with Gasteiger partial charge in [0, 0.05) is 30.4 Å². The maximum absolute atomic E-state index is 12.5. The number of rotatable bonds is 6. The second-order valence-corrected chi connectivity index (χ2v) is 6.86. The molecule has 0 saturated heterocycles. The molecule has 0 saturated carbocycles. The minimum Gasteiger partial charge on any atom is -0.497 e. The summed E-state index contributed by atoms with van der Waals surface area (Å²) in [4.78, 5) is 16.8. The van der Waals surface area contributed by atoms with Gasteiger partial charge < -0.3 is 24.3 Å². The maximum atomic E-state index is 12.5. The lowest BCUT2D eigenvalue weighted by Gasteiger charge is -2.20. The van der Waals surface area contributed by atoms with Gasteiger partial charge in [-0.1, -0.05) is 23.7 Å². The van der Waals surface area contributed by atoms with Crippen LogP contribution in [0.2, 0.25) is 5.02 Å². The standard InChI is InChI=1S/C22H19ClN2O5/c1-27-16-3-2-4-17(11-16)30-20-6-5-14(12-24-20)13-25-22(26)15-9-18(23)21-19(10-15)28-7-8-29-21/h2-6,9-12H,7-8,13H2,1H3,(H,25,26). The van der Waals surface area contributed by atoms with Crippen molar-refractivity contribution in [2.75, 3.05) is 20.3 Å². The molecule has 30 heavy (non-hydrogen) atoms. The van der Waals surface area contributed by atoms with Crippen LogP contribution >= 0.6 is 11.6 Å². The number of halogens is 1. The van der Waals surface area contributed by atoms with E-state index in [1.807, 2.05) is 24.3 Å². The van der Waals surface area contributed by atoms with E-state index in [9.17, 15) is 4.79 Å². The average molecular weight is 427 g/mol. The van der Waals surface area contributed by atoms with E-state index in [0.29, 0.717) is 59.2 Å². The van der Waals surface area contributed by atoms with Crippen molar-refractivity contribution in [2.45, 2.75) is 6.54 Å². The van der Waals surface area contributed by atoms with Gasteiger partial charge in [-0.15, -0.1) is 0 Å². The van der Waals surface area contributed by atoms with Gasteiger partial charge >= 0.3 is 0 Å². The molecule has 1 N–H and O–H groups in total. The number of nitrogens with zero attached hydrogens (tertiary/aromatic N) is 1. The molecule has 3 aromatic rings. The summed E-state index contributed by atoms with van der Waals surface area (Å²) in [5.41, 5.74) is 1.22. The van der Waals surface area contributed by atoms with E-state index in [0.717, 1.165) is 5.56 Å². The Balaban J connectivity index is 1.37. The van der Waals surface area contributed by atoms with Gasteiger partial charge in [0.15, 0.2) is 11.5 Å². The van der Waals surface area contributed by atoms with Crippen molar-refractivity contribution in [3.63, 3.8) is 0 Å². The summed E-state index contributed by atoms with van der Waals surface area (Å²) < 4.78 is 21.9. The van der Waals surface area contributed by atoms with Crippen molar-refractivity contribution in [2.24, 2.45) is 0 Å². The zero-order valence-corrected chi connectivity index (χ0v) is 16.9. The van der Waals surface area contributed by atoms with E-state index in [-0.39, 0.29) is 5.91 Å². The van der Waals surface area contributed by atoms with E-state index in [1.54, 1.807) is 37.6 Å². The number of aromatic nitrogens is 1. The minimum absolute atomic E-state index is 0.273. The molecule has 8 heteroatoms. The predicted molar refractivity (Wildman–Crippen MR) is 111 cm³/mol. The van der Waals surface area contributed by atoms with Crippen molar-refractivity contribution in [1.29, 1.82) is 0 Å². The lowest BCUT2D eigenvalue weighted by atomic mass is 10.1. The van der Waals surface area contributed by atoms with Crippen LogP contribution in [0.25, 0.3) is 0 Å². The Bertz CT molecular complexity index is 1060. The number of carbonyl (C=O) groups is 1. The van der Waals surface area contributed by atoms with Crippen molar-refractivity contribution in [1.82, 2.24) is 10.3 Å². The van der Waals surface area contributed by atoms with Crippen LogP contribution < -0.4 is 24.3 Å². The normalized spacial score (nSPS) is 12.2. The molecule has 0 spiro atoms. The molecule has 4 rings (SSSR count). The number of hydrogen-bond donors (Lipinski definition) is 1. The van der Waals surface area contributed by atoms with E-state index in [2.05, 4.69) is 10.3 Å². The van der Waals surface area contributed by atoms with Gasteiger partial charge in [-0.25, -0.2) is 4.98 Å². The monoisotopic (exact) mass is 426 g/mol. The molecule has 1 aliphatic rings. The number of pyridine rings is 1. The third-order valence-electron chi connectivity index (χ3n) is 4.37. The summed E-state index contributed by atoms with van der Waals surface area (Å²) in [6.45, 7) is 1.16. The number of nitrogens with one attached hydrogen (secondary N) is 1. The van der Waals surface area contributed by atoms with Gasteiger partial charge in [0.2, 0.25) is 5.88 Å². The molecule has 0 bridgehead atoms. The number of ether oxygens (including phenoxy) is 4. The molecule has 2 aromatic carbocycles. The average Bonchev–Trinajstić information content (AvgIpc) is 2.78. The van der Waals surface area contributed by atoms with E-state index in [1.165, 1.54) is 0 Å². The molecule has 1 aliphatic heterocycles. The number of fused-ring (bicyclic) bond motifs is 1. The van der Waals surface area contributed by atoms with Crippen LogP contribution in [0.15, 0.2) is 54.7 Å². The van der Waals surface area contributed by atoms with Gasteiger partial charge in [0.1, 0.15) is 24.7 Å². The summed E-state index contributed by atoms with van der Waals surface area (Å²) in [5.74, 6) is 2.43. The van der Waals surface area contributed by atoms with E-state index >= 15 is 0 Å². The van der Waals surface area contributed by atoms with Crippen LogP contribution in [-0.2, 0) is 6.54 Å². The van der Waals surface area contributed by atoms with Crippen LogP contribution in [0, 0.1) is 0 Å². The number of methoxy groups -OCH3 is 1. The summed E-state index contributed by atoms with van der Waals surface area (Å²) in [6.07, 6.45) is 1.65. The third-order valence-corrected chi connectivity index (χ3v) is 4.65. The topological polar surface area (TPSA) is 78.9 Å². The summed E-state index contributed by atoms with van der Waals surface area (Å²) in [5, 5.41) is 3.19. The van der Waals surface area contributed by atoms with E-state index < -0.39 is 0 Å². The Kier molecular flexibility index (Phi) is 5.90.